The summed E-state index contributed by atoms with van der Waals surface area (Å²) in [5.41, 5.74) is 1.28. The first-order chi connectivity index (χ1) is 11.2. The summed E-state index contributed by atoms with van der Waals surface area (Å²) in [5.74, 6) is 1.07. The van der Waals surface area contributed by atoms with Crippen LogP contribution in [0.2, 0.25) is 0 Å². The highest BCUT2D eigenvalue weighted by atomic mass is 19.1. The van der Waals surface area contributed by atoms with Crippen molar-refractivity contribution in [3.8, 4) is 0 Å². The molecule has 2 aromatic heterocycles. The molecule has 120 valence electrons. The fourth-order valence-electron chi connectivity index (χ4n) is 3.44. The van der Waals surface area contributed by atoms with E-state index in [9.17, 15) is 4.39 Å². The van der Waals surface area contributed by atoms with Gasteiger partial charge < -0.3 is 9.47 Å². The zero-order valence-corrected chi connectivity index (χ0v) is 13.1. The first-order valence-corrected chi connectivity index (χ1v) is 7.92. The highest BCUT2D eigenvalue weighted by Gasteiger charge is 2.24. The van der Waals surface area contributed by atoms with Crippen LogP contribution in [0.15, 0.2) is 30.6 Å². The van der Waals surface area contributed by atoms with E-state index in [1.165, 1.54) is 6.07 Å². The number of hydrogen-bond acceptors (Lipinski definition) is 4. The molecular weight excluding hydrogens is 295 g/mol. The van der Waals surface area contributed by atoms with Gasteiger partial charge in [0, 0.05) is 32.9 Å². The van der Waals surface area contributed by atoms with Gasteiger partial charge in [-0.25, -0.2) is 9.37 Å². The van der Waals surface area contributed by atoms with Gasteiger partial charge in [-0.2, -0.15) is 0 Å². The van der Waals surface area contributed by atoms with Crippen molar-refractivity contribution >= 4 is 17.0 Å². The van der Waals surface area contributed by atoms with E-state index >= 15 is 0 Å². The molecule has 4 rings (SSSR count). The van der Waals surface area contributed by atoms with Gasteiger partial charge in [0.05, 0.1) is 11.7 Å². The smallest absolute Gasteiger partial charge is 0.206 e. The monoisotopic (exact) mass is 314 g/mol. The summed E-state index contributed by atoms with van der Waals surface area (Å²) in [6.45, 7) is 2.71. The van der Waals surface area contributed by atoms with Crippen LogP contribution in [0.4, 0.5) is 10.3 Å². The number of para-hydroxylation sites is 1. The maximum atomic E-state index is 14.0. The van der Waals surface area contributed by atoms with Crippen LogP contribution in [0.1, 0.15) is 12.8 Å². The molecule has 3 aromatic rings. The number of rotatable bonds is 3. The fraction of sp³-hybridized carbons (Fsp3) is 0.438. The Labute approximate surface area is 133 Å². The first kappa shape index (κ1) is 14.2. The average Bonchev–Trinajstić information content (AvgIpc) is 3.17. The molecule has 0 spiro atoms. The molecule has 1 aliphatic heterocycles. The van der Waals surface area contributed by atoms with Crippen LogP contribution in [-0.2, 0) is 13.6 Å². The molecule has 0 radical (unpaired) electrons. The summed E-state index contributed by atoms with van der Waals surface area (Å²) in [4.78, 5) is 6.80. The van der Waals surface area contributed by atoms with Crippen LogP contribution in [0, 0.1) is 11.7 Å². The SMILES string of the molecule is Cn1c(N2CCCC(Cn3ccnn3)C2)nc2c(F)cccc21. The largest absolute Gasteiger partial charge is 0.342 e. The Morgan fingerprint density at radius 2 is 2.26 bits per heavy atom. The highest BCUT2D eigenvalue weighted by molar-refractivity contribution is 5.79. The van der Waals surface area contributed by atoms with E-state index in [2.05, 4.69) is 20.2 Å². The third kappa shape index (κ3) is 2.56. The normalized spacial score (nSPS) is 18.7. The lowest BCUT2D eigenvalue weighted by atomic mass is 9.98. The molecular formula is C16H19FN6. The Balaban J connectivity index is 1.60. The third-order valence-electron chi connectivity index (χ3n) is 4.56. The van der Waals surface area contributed by atoms with Crippen LogP contribution >= 0.6 is 0 Å². The van der Waals surface area contributed by atoms with Gasteiger partial charge in [-0.3, -0.25) is 4.68 Å². The topological polar surface area (TPSA) is 51.8 Å². The van der Waals surface area contributed by atoms with Gasteiger partial charge in [-0.15, -0.1) is 5.10 Å². The molecule has 1 unspecified atom stereocenters. The number of aromatic nitrogens is 5. The van der Waals surface area contributed by atoms with Crippen molar-refractivity contribution in [1.29, 1.82) is 0 Å². The van der Waals surface area contributed by atoms with Gasteiger partial charge >= 0.3 is 0 Å². The Bertz CT molecular complexity index is 809. The van der Waals surface area contributed by atoms with Crippen molar-refractivity contribution in [2.75, 3.05) is 18.0 Å². The molecule has 3 heterocycles. The van der Waals surface area contributed by atoms with Crippen molar-refractivity contribution < 1.29 is 4.39 Å². The zero-order valence-electron chi connectivity index (χ0n) is 13.1. The van der Waals surface area contributed by atoms with Crippen LogP contribution in [0.3, 0.4) is 0 Å². The lowest BCUT2D eigenvalue weighted by Gasteiger charge is -2.33. The third-order valence-corrected chi connectivity index (χ3v) is 4.56. The molecule has 1 atom stereocenters. The molecule has 1 saturated heterocycles. The number of piperidine rings is 1. The minimum atomic E-state index is -0.263. The second-order valence-corrected chi connectivity index (χ2v) is 6.16. The molecule has 1 aliphatic rings. The Kier molecular flexibility index (Phi) is 3.48. The van der Waals surface area contributed by atoms with Crippen molar-refractivity contribution in [3.05, 3.63) is 36.4 Å². The number of hydrogen-bond donors (Lipinski definition) is 0. The number of halogens is 1. The van der Waals surface area contributed by atoms with Gasteiger partial charge in [0.25, 0.3) is 0 Å². The van der Waals surface area contributed by atoms with Crippen LogP contribution in [-0.4, -0.2) is 37.6 Å². The van der Waals surface area contributed by atoms with Crippen molar-refractivity contribution in [2.45, 2.75) is 19.4 Å². The molecule has 0 amide bonds. The second kappa shape index (κ2) is 5.64. The number of imidazole rings is 1. The van der Waals surface area contributed by atoms with Crippen LogP contribution < -0.4 is 4.90 Å². The van der Waals surface area contributed by atoms with E-state index in [0.717, 1.165) is 43.9 Å². The van der Waals surface area contributed by atoms with Gasteiger partial charge in [-0.05, 0) is 30.9 Å². The van der Waals surface area contributed by atoms with Gasteiger partial charge in [0.2, 0.25) is 5.95 Å². The van der Waals surface area contributed by atoms with Crippen molar-refractivity contribution in [3.63, 3.8) is 0 Å². The highest BCUT2D eigenvalue weighted by Crippen LogP contribution is 2.27. The summed E-state index contributed by atoms with van der Waals surface area (Å²) in [5, 5.41) is 7.91. The molecule has 6 nitrogen and oxygen atoms in total. The minimum absolute atomic E-state index is 0.263. The fourth-order valence-corrected chi connectivity index (χ4v) is 3.44. The molecule has 0 bridgehead atoms. The molecule has 7 heteroatoms. The standard InChI is InChI=1S/C16H19FN6/c1-21-14-6-2-5-13(17)15(14)19-16(21)22-8-3-4-12(10-22)11-23-9-7-18-20-23/h2,5-7,9,12H,3-4,8,10-11H2,1H3. The quantitative estimate of drug-likeness (QED) is 0.744. The summed E-state index contributed by atoms with van der Waals surface area (Å²) in [7, 11) is 1.95. The number of nitrogens with zero attached hydrogens (tertiary/aromatic N) is 6. The van der Waals surface area contributed by atoms with Crippen molar-refractivity contribution in [1.82, 2.24) is 24.5 Å². The molecule has 0 aliphatic carbocycles. The maximum absolute atomic E-state index is 14.0. The predicted octanol–water partition coefficient (Wildman–Crippen LogP) is 2.22. The van der Waals surface area contributed by atoms with Gasteiger partial charge in [-0.1, -0.05) is 11.3 Å². The van der Waals surface area contributed by atoms with Crippen LogP contribution in [0.25, 0.3) is 11.0 Å². The lowest BCUT2D eigenvalue weighted by molar-refractivity contribution is 0.345. The van der Waals surface area contributed by atoms with Crippen LogP contribution in [0.5, 0.6) is 0 Å². The first-order valence-electron chi connectivity index (χ1n) is 7.92. The van der Waals surface area contributed by atoms with E-state index in [1.807, 2.05) is 28.6 Å². The lowest BCUT2D eigenvalue weighted by Crippen LogP contribution is -2.38. The molecule has 1 aromatic carbocycles. The summed E-state index contributed by atoms with van der Waals surface area (Å²) >= 11 is 0. The van der Waals surface area contributed by atoms with E-state index in [4.69, 9.17) is 0 Å². The zero-order chi connectivity index (χ0) is 15.8. The molecule has 1 fully saturated rings. The van der Waals surface area contributed by atoms with E-state index in [-0.39, 0.29) is 5.82 Å². The molecule has 0 saturated carbocycles. The summed E-state index contributed by atoms with van der Waals surface area (Å²) in [6, 6.07) is 5.10. The van der Waals surface area contributed by atoms with Crippen molar-refractivity contribution in [2.24, 2.45) is 13.0 Å². The Morgan fingerprint density at radius 3 is 3.04 bits per heavy atom. The number of aryl methyl sites for hydroxylation is 1. The minimum Gasteiger partial charge on any atom is -0.342 e. The number of fused-ring (bicyclic) bond motifs is 1. The Morgan fingerprint density at radius 1 is 1.35 bits per heavy atom. The summed E-state index contributed by atoms with van der Waals surface area (Å²) < 4.78 is 17.8. The van der Waals surface area contributed by atoms with Gasteiger partial charge in [0.1, 0.15) is 5.52 Å². The maximum Gasteiger partial charge on any atom is 0.206 e. The average molecular weight is 314 g/mol. The Hall–Kier alpha value is -2.44. The van der Waals surface area contributed by atoms with Gasteiger partial charge in [0.15, 0.2) is 5.82 Å². The second-order valence-electron chi connectivity index (χ2n) is 6.16. The number of anilines is 1. The number of benzene rings is 1. The predicted molar refractivity (Wildman–Crippen MR) is 85.6 cm³/mol. The summed E-state index contributed by atoms with van der Waals surface area (Å²) in [6.07, 6.45) is 5.86. The van der Waals surface area contributed by atoms with E-state index < -0.39 is 0 Å². The van der Waals surface area contributed by atoms with E-state index in [0.29, 0.717) is 11.4 Å². The molecule has 23 heavy (non-hydrogen) atoms. The molecule has 0 N–H and O–H groups in total. The van der Waals surface area contributed by atoms with E-state index in [1.54, 1.807) is 12.3 Å².